The quantitative estimate of drug-likeness (QED) is 0.908. The molecule has 1 atom stereocenters. The highest BCUT2D eigenvalue weighted by Crippen LogP contribution is 2.27. The molecule has 0 heterocycles. The number of ether oxygens (including phenoxy) is 2. The standard InChI is InChI=1S/C16H18FNO2/c1-11(18)8-12-6-7-16(15(17)9-12)20-14-5-3-4-13(10-14)19-2/h3-7,9-11H,8,18H2,1-2H3. The first-order valence-electron chi connectivity index (χ1n) is 6.44. The molecule has 2 rings (SSSR count). The summed E-state index contributed by atoms with van der Waals surface area (Å²) in [6.07, 6.45) is 0.635. The third kappa shape index (κ3) is 3.71. The van der Waals surface area contributed by atoms with Crippen LogP contribution in [0.4, 0.5) is 4.39 Å². The highest BCUT2D eigenvalue weighted by Gasteiger charge is 2.08. The summed E-state index contributed by atoms with van der Waals surface area (Å²) in [7, 11) is 1.57. The molecule has 0 saturated heterocycles. The fourth-order valence-corrected chi connectivity index (χ4v) is 1.92. The minimum atomic E-state index is -0.397. The van der Waals surface area contributed by atoms with Gasteiger partial charge in [-0.15, -0.1) is 0 Å². The number of hydrogen-bond donors (Lipinski definition) is 1. The second-order valence-corrected chi connectivity index (χ2v) is 4.73. The Labute approximate surface area is 118 Å². The van der Waals surface area contributed by atoms with Gasteiger partial charge in [-0.1, -0.05) is 12.1 Å². The molecule has 106 valence electrons. The largest absolute Gasteiger partial charge is 0.497 e. The fraction of sp³-hybridized carbons (Fsp3) is 0.250. The van der Waals surface area contributed by atoms with Crippen LogP contribution in [0.2, 0.25) is 0 Å². The number of methoxy groups -OCH3 is 1. The fourth-order valence-electron chi connectivity index (χ4n) is 1.92. The molecular formula is C16H18FNO2. The Balaban J connectivity index is 2.16. The van der Waals surface area contributed by atoms with Crippen molar-refractivity contribution >= 4 is 0 Å². The minimum Gasteiger partial charge on any atom is -0.497 e. The smallest absolute Gasteiger partial charge is 0.165 e. The van der Waals surface area contributed by atoms with Crippen LogP contribution in [-0.4, -0.2) is 13.2 Å². The molecule has 0 fully saturated rings. The predicted octanol–water partition coefficient (Wildman–Crippen LogP) is 3.52. The van der Waals surface area contributed by atoms with Gasteiger partial charge in [-0.05, 0) is 43.2 Å². The second-order valence-electron chi connectivity index (χ2n) is 4.73. The number of nitrogens with two attached hydrogens (primary N) is 1. The summed E-state index contributed by atoms with van der Waals surface area (Å²) in [5, 5.41) is 0. The van der Waals surface area contributed by atoms with E-state index in [1.165, 1.54) is 6.07 Å². The number of rotatable bonds is 5. The van der Waals surface area contributed by atoms with Crippen molar-refractivity contribution in [3.8, 4) is 17.2 Å². The SMILES string of the molecule is COc1cccc(Oc2ccc(CC(C)N)cc2F)c1. The summed E-state index contributed by atoms with van der Waals surface area (Å²) in [5.41, 5.74) is 6.56. The van der Waals surface area contributed by atoms with E-state index in [1.54, 1.807) is 37.4 Å². The molecule has 0 aliphatic carbocycles. The van der Waals surface area contributed by atoms with E-state index in [0.717, 1.165) is 5.56 Å². The molecule has 0 aliphatic rings. The molecule has 0 aliphatic heterocycles. The highest BCUT2D eigenvalue weighted by molar-refractivity contribution is 5.38. The zero-order chi connectivity index (χ0) is 14.5. The van der Waals surface area contributed by atoms with E-state index >= 15 is 0 Å². The molecule has 0 saturated carbocycles. The first-order chi connectivity index (χ1) is 9.58. The van der Waals surface area contributed by atoms with Gasteiger partial charge in [0.2, 0.25) is 0 Å². The molecule has 0 aromatic heterocycles. The molecule has 2 N–H and O–H groups in total. The monoisotopic (exact) mass is 275 g/mol. The minimum absolute atomic E-state index is 0.000414. The molecule has 20 heavy (non-hydrogen) atoms. The lowest BCUT2D eigenvalue weighted by atomic mass is 10.1. The summed E-state index contributed by atoms with van der Waals surface area (Å²) in [6, 6.07) is 11.9. The predicted molar refractivity (Wildman–Crippen MR) is 76.8 cm³/mol. The van der Waals surface area contributed by atoms with Crippen molar-refractivity contribution in [3.05, 3.63) is 53.8 Å². The van der Waals surface area contributed by atoms with Crippen LogP contribution in [0, 0.1) is 5.82 Å². The van der Waals surface area contributed by atoms with Crippen molar-refractivity contribution < 1.29 is 13.9 Å². The summed E-state index contributed by atoms with van der Waals surface area (Å²) < 4.78 is 24.6. The Morgan fingerprint density at radius 1 is 1.15 bits per heavy atom. The van der Waals surface area contributed by atoms with Gasteiger partial charge in [0.25, 0.3) is 0 Å². The van der Waals surface area contributed by atoms with Crippen LogP contribution >= 0.6 is 0 Å². The van der Waals surface area contributed by atoms with Gasteiger partial charge in [0, 0.05) is 12.1 Å². The molecule has 0 radical (unpaired) electrons. The summed E-state index contributed by atoms with van der Waals surface area (Å²) in [4.78, 5) is 0. The van der Waals surface area contributed by atoms with Crippen molar-refractivity contribution in [1.82, 2.24) is 0 Å². The van der Waals surface area contributed by atoms with E-state index in [4.69, 9.17) is 15.2 Å². The Morgan fingerprint density at radius 2 is 1.90 bits per heavy atom. The average Bonchev–Trinajstić information content (AvgIpc) is 2.41. The van der Waals surface area contributed by atoms with Crippen LogP contribution in [0.5, 0.6) is 17.2 Å². The summed E-state index contributed by atoms with van der Waals surface area (Å²) in [6.45, 7) is 1.89. The van der Waals surface area contributed by atoms with Crippen molar-refractivity contribution in [2.75, 3.05) is 7.11 Å². The molecule has 1 unspecified atom stereocenters. The Hall–Kier alpha value is -2.07. The van der Waals surface area contributed by atoms with Gasteiger partial charge < -0.3 is 15.2 Å². The zero-order valence-corrected chi connectivity index (χ0v) is 11.6. The van der Waals surface area contributed by atoms with Crippen LogP contribution in [0.3, 0.4) is 0 Å². The molecule has 2 aromatic carbocycles. The van der Waals surface area contributed by atoms with E-state index in [1.807, 2.05) is 13.0 Å². The third-order valence-corrected chi connectivity index (χ3v) is 2.82. The van der Waals surface area contributed by atoms with Crippen LogP contribution in [-0.2, 0) is 6.42 Å². The summed E-state index contributed by atoms with van der Waals surface area (Å²) >= 11 is 0. The zero-order valence-electron chi connectivity index (χ0n) is 11.6. The Morgan fingerprint density at radius 3 is 2.55 bits per heavy atom. The Kier molecular flexibility index (Phi) is 4.58. The van der Waals surface area contributed by atoms with Gasteiger partial charge >= 0.3 is 0 Å². The van der Waals surface area contributed by atoms with E-state index in [0.29, 0.717) is 17.9 Å². The lowest BCUT2D eigenvalue weighted by Gasteiger charge is -2.10. The van der Waals surface area contributed by atoms with E-state index in [2.05, 4.69) is 0 Å². The second kappa shape index (κ2) is 6.39. The van der Waals surface area contributed by atoms with Crippen LogP contribution < -0.4 is 15.2 Å². The molecular weight excluding hydrogens is 257 g/mol. The molecule has 0 spiro atoms. The van der Waals surface area contributed by atoms with E-state index < -0.39 is 5.82 Å². The lowest BCUT2D eigenvalue weighted by Crippen LogP contribution is -2.17. The van der Waals surface area contributed by atoms with Gasteiger partial charge in [-0.2, -0.15) is 0 Å². The molecule has 0 amide bonds. The van der Waals surface area contributed by atoms with Gasteiger partial charge in [0.15, 0.2) is 11.6 Å². The number of hydrogen-bond acceptors (Lipinski definition) is 3. The number of halogens is 1. The highest BCUT2D eigenvalue weighted by atomic mass is 19.1. The van der Waals surface area contributed by atoms with Crippen LogP contribution in [0.1, 0.15) is 12.5 Å². The normalized spacial score (nSPS) is 12.0. The maximum absolute atomic E-state index is 14.0. The third-order valence-electron chi connectivity index (χ3n) is 2.82. The van der Waals surface area contributed by atoms with Gasteiger partial charge in [0.1, 0.15) is 11.5 Å². The van der Waals surface area contributed by atoms with Crippen LogP contribution in [0.25, 0.3) is 0 Å². The van der Waals surface area contributed by atoms with Gasteiger partial charge in [-0.25, -0.2) is 4.39 Å². The van der Waals surface area contributed by atoms with E-state index in [-0.39, 0.29) is 11.8 Å². The first kappa shape index (κ1) is 14.3. The number of benzene rings is 2. The summed E-state index contributed by atoms with van der Waals surface area (Å²) in [5.74, 6) is 0.984. The van der Waals surface area contributed by atoms with Crippen LogP contribution in [0.15, 0.2) is 42.5 Å². The molecule has 3 nitrogen and oxygen atoms in total. The topological polar surface area (TPSA) is 44.5 Å². The van der Waals surface area contributed by atoms with E-state index in [9.17, 15) is 4.39 Å². The maximum atomic E-state index is 14.0. The average molecular weight is 275 g/mol. The van der Waals surface area contributed by atoms with Gasteiger partial charge in [0.05, 0.1) is 7.11 Å². The van der Waals surface area contributed by atoms with Crippen molar-refractivity contribution in [2.24, 2.45) is 5.73 Å². The van der Waals surface area contributed by atoms with Gasteiger partial charge in [-0.3, -0.25) is 0 Å². The first-order valence-corrected chi connectivity index (χ1v) is 6.44. The Bertz CT molecular complexity index is 584. The van der Waals surface area contributed by atoms with Crippen molar-refractivity contribution in [2.45, 2.75) is 19.4 Å². The molecule has 2 aromatic rings. The lowest BCUT2D eigenvalue weighted by molar-refractivity contribution is 0.405. The van der Waals surface area contributed by atoms with Crippen molar-refractivity contribution in [1.29, 1.82) is 0 Å². The maximum Gasteiger partial charge on any atom is 0.165 e. The van der Waals surface area contributed by atoms with Crippen molar-refractivity contribution in [3.63, 3.8) is 0 Å². The molecule has 4 heteroatoms. The molecule has 0 bridgehead atoms.